The van der Waals surface area contributed by atoms with E-state index >= 15 is 0 Å². The minimum Gasteiger partial charge on any atom is -0.462 e. The predicted molar refractivity (Wildman–Crippen MR) is 128 cm³/mol. The van der Waals surface area contributed by atoms with Crippen molar-refractivity contribution in [1.82, 2.24) is 14.1 Å². The lowest BCUT2D eigenvalue weighted by atomic mass is 10.00. The molecule has 0 aliphatic heterocycles. The fourth-order valence-corrected chi connectivity index (χ4v) is 5.30. The maximum atomic E-state index is 14.3. The Kier molecular flexibility index (Phi) is 6.37. The molecule has 1 N–H and O–H groups in total. The van der Waals surface area contributed by atoms with Crippen LogP contribution in [0, 0.1) is 11.7 Å². The van der Waals surface area contributed by atoms with E-state index in [2.05, 4.69) is 4.98 Å². The Bertz CT molecular complexity index is 1540. The highest BCUT2D eigenvalue weighted by Crippen LogP contribution is 2.38. The number of esters is 1. The number of nitrogens with zero attached hydrogens (tertiary/aromatic N) is 3. The Labute approximate surface area is 197 Å². The number of para-hydroxylation sites is 1. The maximum absolute atomic E-state index is 14.3. The van der Waals surface area contributed by atoms with Crippen LogP contribution in [0.3, 0.4) is 0 Å². The molecule has 3 aromatic heterocycles. The fraction of sp³-hybridized carbons (Fsp3) is 0.333. The maximum Gasteiger partial charge on any atom is 0.340 e. The van der Waals surface area contributed by atoms with Gasteiger partial charge in [0.2, 0.25) is 0 Å². The van der Waals surface area contributed by atoms with Crippen LogP contribution in [0.4, 0.5) is 4.39 Å². The van der Waals surface area contributed by atoms with Crippen molar-refractivity contribution < 1.29 is 19.0 Å². The molecule has 4 rings (SSSR count). The van der Waals surface area contributed by atoms with E-state index < -0.39 is 29.1 Å². The number of benzene rings is 1. The summed E-state index contributed by atoms with van der Waals surface area (Å²) < 4.78 is 21.9. The average Bonchev–Trinajstić information content (AvgIpc) is 3.21. The van der Waals surface area contributed by atoms with E-state index in [-0.39, 0.29) is 38.7 Å². The lowest BCUT2D eigenvalue weighted by Gasteiger charge is -2.14. The van der Waals surface area contributed by atoms with Gasteiger partial charge in [0.25, 0.3) is 5.56 Å². The van der Waals surface area contributed by atoms with Crippen molar-refractivity contribution in [3.05, 3.63) is 73.1 Å². The number of aliphatic hydroxyl groups is 1. The number of thiophene rings is 1. The molecule has 1 atom stereocenters. The van der Waals surface area contributed by atoms with Crippen molar-refractivity contribution in [2.75, 3.05) is 6.61 Å². The van der Waals surface area contributed by atoms with Gasteiger partial charge in [-0.15, -0.1) is 11.3 Å². The Balaban J connectivity index is 2.09. The molecule has 0 saturated heterocycles. The zero-order valence-corrected chi connectivity index (χ0v) is 20.0. The summed E-state index contributed by atoms with van der Waals surface area (Å²) in [5.41, 5.74) is -0.862. The number of fused-ring (bicyclic) bond motifs is 2. The number of pyridine rings is 1. The number of hydrogen-bond donors (Lipinski definition) is 1. The minimum atomic E-state index is -1.39. The molecule has 1 aromatic carbocycles. The molecule has 0 aliphatic carbocycles. The van der Waals surface area contributed by atoms with Crippen LogP contribution in [-0.4, -0.2) is 31.8 Å². The highest BCUT2D eigenvalue weighted by atomic mass is 32.1. The molecule has 0 spiro atoms. The van der Waals surface area contributed by atoms with Crippen LogP contribution < -0.4 is 11.2 Å². The van der Waals surface area contributed by atoms with E-state index in [0.29, 0.717) is 17.5 Å². The molecule has 10 heteroatoms. The number of ether oxygens (including phenoxy) is 1. The minimum absolute atomic E-state index is 0.0183. The molecule has 0 fully saturated rings. The van der Waals surface area contributed by atoms with Gasteiger partial charge in [-0.25, -0.2) is 14.0 Å². The highest BCUT2D eigenvalue weighted by molar-refractivity contribution is 7.19. The first-order chi connectivity index (χ1) is 16.2. The molecule has 0 bridgehead atoms. The van der Waals surface area contributed by atoms with Crippen LogP contribution in [0.5, 0.6) is 0 Å². The molecule has 34 heavy (non-hydrogen) atoms. The Morgan fingerprint density at radius 2 is 2.00 bits per heavy atom. The Hall–Kier alpha value is -3.37. The number of rotatable bonds is 6. The molecule has 0 radical (unpaired) electrons. The van der Waals surface area contributed by atoms with Gasteiger partial charge in [0.05, 0.1) is 22.4 Å². The first-order valence-electron chi connectivity index (χ1n) is 10.8. The van der Waals surface area contributed by atoms with Crippen molar-refractivity contribution in [1.29, 1.82) is 0 Å². The highest BCUT2D eigenvalue weighted by Gasteiger charge is 2.31. The third kappa shape index (κ3) is 3.82. The largest absolute Gasteiger partial charge is 0.462 e. The zero-order valence-electron chi connectivity index (χ0n) is 19.2. The molecule has 8 nitrogen and oxygen atoms in total. The third-order valence-corrected chi connectivity index (χ3v) is 6.79. The van der Waals surface area contributed by atoms with Crippen molar-refractivity contribution in [2.24, 2.45) is 13.0 Å². The molecule has 4 aromatic rings. The van der Waals surface area contributed by atoms with E-state index in [1.54, 1.807) is 13.0 Å². The number of halogens is 1. The van der Waals surface area contributed by atoms with Crippen molar-refractivity contribution in [3.63, 3.8) is 0 Å². The summed E-state index contributed by atoms with van der Waals surface area (Å²) in [4.78, 5) is 43.6. The average molecular weight is 486 g/mol. The standard InChI is InChI=1S/C24H24FN3O5S/c1-5-33-23(31)16-17-21(30)27(4)24(32)28(11-12(2)3)22(17)34-20(16)19(29)14-9-10-26-18-13(14)7-6-8-15(18)25/h6-10,12,19,29H,5,11H2,1-4H3. The molecule has 1 unspecified atom stereocenters. The van der Waals surface area contributed by atoms with Gasteiger partial charge in [-0.1, -0.05) is 26.0 Å². The summed E-state index contributed by atoms with van der Waals surface area (Å²) in [7, 11) is 1.35. The quantitative estimate of drug-likeness (QED) is 0.420. The monoisotopic (exact) mass is 485 g/mol. The second-order valence-corrected chi connectivity index (χ2v) is 9.36. The lowest BCUT2D eigenvalue weighted by molar-refractivity contribution is 0.0524. The van der Waals surface area contributed by atoms with E-state index in [9.17, 15) is 23.9 Å². The number of carbonyl (C=O) groups is 1. The van der Waals surface area contributed by atoms with Gasteiger partial charge in [-0.2, -0.15) is 0 Å². The van der Waals surface area contributed by atoms with E-state index in [1.807, 2.05) is 13.8 Å². The molecular formula is C24H24FN3O5S. The Morgan fingerprint density at radius 3 is 2.68 bits per heavy atom. The van der Waals surface area contributed by atoms with Gasteiger partial charge < -0.3 is 9.84 Å². The van der Waals surface area contributed by atoms with Gasteiger partial charge >= 0.3 is 11.7 Å². The Morgan fingerprint density at radius 1 is 1.26 bits per heavy atom. The molecular weight excluding hydrogens is 461 g/mol. The number of hydrogen-bond acceptors (Lipinski definition) is 7. The molecule has 3 heterocycles. The molecule has 0 saturated carbocycles. The van der Waals surface area contributed by atoms with Crippen molar-refractivity contribution >= 4 is 38.4 Å². The molecule has 0 aliphatic rings. The van der Waals surface area contributed by atoms with Crippen molar-refractivity contribution in [2.45, 2.75) is 33.4 Å². The summed E-state index contributed by atoms with van der Waals surface area (Å²) in [5, 5.41) is 11.8. The number of carbonyl (C=O) groups excluding carboxylic acids is 1. The van der Waals surface area contributed by atoms with E-state index in [4.69, 9.17) is 4.74 Å². The topological polar surface area (TPSA) is 103 Å². The molecule has 178 valence electrons. The van der Waals surface area contributed by atoms with Gasteiger partial charge in [-0.05, 0) is 30.5 Å². The van der Waals surface area contributed by atoms with Crippen LogP contribution in [0.25, 0.3) is 21.1 Å². The number of aromatic nitrogens is 3. The summed E-state index contributed by atoms with van der Waals surface area (Å²) >= 11 is 0.984. The van der Waals surface area contributed by atoms with Gasteiger partial charge in [0, 0.05) is 25.2 Å². The van der Waals surface area contributed by atoms with Crippen LogP contribution >= 0.6 is 11.3 Å². The second-order valence-electron chi connectivity index (χ2n) is 8.33. The summed E-state index contributed by atoms with van der Waals surface area (Å²) in [6.45, 7) is 5.86. The first-order valence-corrected chi connectivity index (χ1v) is 11.6. The van der Waals surface area contributed by atoms with Crippen LogP contribution in [0.1, 0.15) is 47.7 Å². The van der Waals surface area contributed by atoms with Gasteiger partial charge in [0.15, 0.2) is 0 Å². The normalized spacial score (nSPS) is 12.6. The van der Waals surface area contributed by atoms with Crippen LogP contribution in [0.15, 0.2) is 40.1 Å². The van der Waals surface area contributed by atoms with Gasteiger partial charge in [0.1, 0.15) is 22.3 Å². The summed E-state index contributed by atoms with van der Waals surface area (Å²) in [6, 6.07) is 5.92. The zero-order chi connectivity index (χ0) is 24.7. The van der Waals surface area contributed by atoms with Crippen molar-refractivity contribution in [3.8, 4) is 0 Å². The second kappa shape index (κ2) is 9.11. The fourth-order valence-electron chi connectivity index (χ4n) is 4.01. The van der Waals surface area contributed by atoms with E-state index in [1.165, 1.54) is 36.0 Å². The summed E-state index contributed by atoms with van der Waals surface area (Å²) in [6.07, 6.45) is -0.0221. The first kappa shape index (κ1) is 23.8. The number of aliphatic hydroxyl groups excluding tert-OH is 1. The molecule has 0 amide bonds. The van der Waals surface area contributed by atoms with Crippen LogP contribution in [0.2, 0.25) is 0 Å². The van der Waals surface area contributed by atoms with E-state index in [0.717, 1.165) is 15.9 Å². The third-order valence-electron chi connectivity index (χ3n) is 5.52. The van der Waals surface area contributed by atoms with Gasteiger partial charge in [-0.3, -0.25) is 18.9 Å². The predicted octanol–water partition coefficient (Wildman–Crippen LogP) is 3.36. The smallest absolute Gasteiger partial charge is 0.340 e. The van der Waals surface area contributed by atoms with Crippen LogP contribution in [-0.2, 0) is 18.3 Å². The SMILES string of the molecule is CCOC(=O)c1c(C(O)c2ccnc3c(F)cccc23)sc2c1c(=O)n(C)c(=O)n2CC(C)C. The lowest BCUT2D eigenvalue weighted by Crippen LogP contribution is -2.38. The summed E-state index contributed by atoms with van der Waals surface area (Å²) in [5.74, 6) is -1.25.